The van der Waals surface area contributed by atoms with Gasteiger partial charge in [-0.3, -0.25) is 4.79 Å². The predicted molar refractivity (Wildman–Crippen MR) is 33.4 cm³/mol. The van der Waals surface area contributed by atoms with Crippen LogP contribution in [0.25, 0.3) is 0 Å². The average Bonchev–Trinajstić information content (AvgIpc) is 1.83. The molecule has 0 atom stereocenters. The number of carbonyl (C=O) groups is 1. The summed E-state index contributed by atoms with van der Waals surface area (Å²) in [5.41, 5.74) is 0. The fraction of sp³-hybridized carbons (Fsp3) is 0.833. The third-order valence-corrected chi connectivity index (χ3v) is 1.30. The van der Waals surface area contributed by atoms with Crippen LogP contribution in [0.15, 0.2) is 0 Å². The molecule has 0 aromatic carbocycles. The average molecular weight is 204 g/mol. The molecule has 0 heterocycles. The van der Waals surface area contributed by atoms with Crippen molar-refractivity contribution in [2.24, 2.45) is 0 Å². The van der Waals surface area contributed by atoms with Crippen LogP contribution in [0.1, 0.15) is 13.3 Å². The van der Waals surface area contributed by atoms with Crippen LogP contribution in [-0.4, -0.2) is 34.1 Å². The number of ketones is 1. The molecule has 0 amide bonds. The first-order valence-corrected chi connectivity index (χ1v) is 3.21. The minimum Gasteiger partial charge on any atom is -0.360 e. The van der Waals surface area contributed by atoms with Gasteiger partial charge in [0, 0.05) is 0 Å². The summed E-state index contributed by atoms with van der Waals surface area (Å²) >= 11 is 0. The first-order valence-electron chi connectivity index (χ1n) is 3.21. The van der Waals surface area contributed by atoms with Gasteiger partial charge >= 0.3 is 12.3 Å². The quantitative estimate of drug-likeness (QED) is 0.519. The first-order chi connectivity index (χ1) is 5.61. The van der Waals surface area contributed by atoms with Gasteiger partial charge in [-0.15, -0.1) is 0 Å². The fourth-order valence-corrected chi connectivity index (χ4v) is 0.640. The Morgan fingerprint density at radius 3 is 2.00 bits per heavy atom. The summed E-state index contributed by atoms with van der Waals surface area (Å²) in [6, 6.07) is 0. The van der Waals surface area contributed by atoms with Crippen molar-refractivity contribution < 1.29 is 32.6 Å². The van der Waals surface area contributed by atoms with Crippen LogP contribution in [0, 0.1) is 0 Å². The molecular formula is C6H8F4O3. The Kier molecular flexibility index (Phi) is 3.40. The van der Waals surface area contributed by atoms with Gasteiger partial charge in [0.15, 0.2) is 0 Å². The van der Waals surface area contributed by atoms with Crippen LogP contribution in [0.2, 0.25) is 0 Å². The molecule has 0 aromatic heterocycles. The van der Waals surface area contributed by atoms with Gasteiger partial charge in [-0.2, -0.15) is 8.78 Å². The maximum absolute atomic E-state index is 12.3. The summed E-state index contributed by atoms with van der Waals surface area (Å²) < 4.78 is 47.7. The maximum Gasteiger partial charge on any atom is 0.359 e. The highest BCUT2D eigenvalue weighted by Gasteiger charge is 2.59. The molecule has 3 nitrogen and oxygen atoms in total. The van der Waals surface area contributed by atoms with Crippen molar-refractivity contribution in [3.63, 3.8) is 0 Å². The van der Waals surface area contributed by atoms with E-state index in [-0.39, 0.29) is 0 Å². The van der Waals surface area contributed by atoms with E-state index in [2.05, 4.69) is 0 Å². The fourth-order valence-electron chi connectivity index (χ4n) is 0.640. The molecule has 0 bridgehead atoms. The van der Waals surface area contributed by atoms with Gasteiger partial charge in [0.05, 0.1) is 6.42 Å². The van der Waals surface area contributed by atoms with E-state index in [1.54, 1.807) is 0 Å². The van der Waals surface area contributed by atoms with E-state index in [0.717, 1.165) is 6.92 Å². The lowest BCUT2D eigenvalue weighted by atomic mass is 10.0. The summed E-state index contributed by atoms with van der Waals surface area (Å²) in [5, 5.41) is 17.0. The Bertz CT molecular complexity index is 202. The lowest BCUT2D eigenvalue weighted by Crippen LogP contribution is -2.53. The van der Waals surface area contributed by atoms with E-state index >= 15 is 0 Å². The van der Waals surface area contributed by atoms with E-state index < -0.39 is 30.3 Å². The molecule has 0 aliphatic heterocycles. The molecule has 0 aromatic rings. The number of rotatable bonds is 4. The van der Waals surface area contributed by atoms with Gasteiger partial charge in [0.1, 0.15) is 5.78 Å². The minimum atomic E-state index is -5.02. The van der Waals surface area contributed by atoms with Gasteiger partial charge < -0.3 is 10.2 Å². The standard InChI is InChI=1S/C6H8F4O3/c1-3(11)2-5(12,13)6(9,10)4(7)8/h4,12-13H,2H2,1H3. The van der Waals surface area contributed by atoms with Crippen molar-refractivity contribution in [1.29, 1.82) is 0 Å². The number of carbonyl (C=O) groups excluding carboxylic acids is 1. The van der Waals surface area contributed by atoms with Crippen molar-refractivity contribution in [2.75, 3.05) is 0 Å². The Balaban J connectivity index is 4.70. The van der Waals surface area contributed by atoms with E-state index in [1.807, 2.05) is 0 Å². The van der Waals surface area contributed by atoms with E-state index in [0.29, 0.717) is 0 Å². The molecule has 13 heavy (non-hydrogen) atoms. The van der Waals surface area contributed by atoms with Gasteiger partial charge in [0.2, 0.25) is 5.79 Å². The van der Waals surface area contributed by atoms with Crippen LogP contribution >= 0.6 is 0 Å². The molecule has 78 valence electrons. The van der Waals surface area contributed by atoms with Crippen LogP contribution in [0.4, 0.5) is 17.6 Å². The number of aliphatic hydroxyl groups is 2. The SMILES string of the molecule is CC(=O)CC(O)(O)C(F)(F)C(F)F. The van der Waals surface area contributed by atoms with Crippen LogP contribution < -0.4 is 0 Å². The molecule has 0 aliphatic rings. The Morgan fingerprint density at radius 1 is 1.38 bits per heavy atom. The molecular weight excluding hydrogens is 196 g/mol. The summed E-state index contributed by atoms with van der Waals surface area (Å²) in [6.45, 7) is 0.780. The predicted octanol–water partition coefficient (Wildman–Crippen LogP) is 0.547. The zero-order valence-electron chi connectivity index (χ0n) is 6.60. The summed E-state index contributed by atoms with van der Waals surface area (Å²) in [6.07, 6.45) is -5.67. The highest BCUT2D eigenvalue weighted by Crippen LogP contribution is 2.35. The molecule has 2 N–H and O–H groups in total. The number of hydrogen-bond donors (Lipinski definition) is 2. The molecule has 0 saturated carbocycles. The Labute approximate surface area is 71.0 Å². The molecule has 0 radical (unpaired) electrons. The number of alkyl halides is 4. The van der Waals surface area contributed by atoms with Crippen molar-refractivity contribution in [3.05, 3.63) is 0 Å². The normalized spacial score (nSPS) is 13.5. The second kappa shape index (κ2) is 3.59. The second-order valence-electron chi connectivity index (χ2n) is 2.62. The lowest BCUT2D eigenvalue weighted by molar-refractivity contribution is -0.328. The molecule has 0 aliphatic carbocycles. The van der Waals surface area contributed by atoms with Crippen molar-refractivity contribution in [1.82, 2.24) is 0 Å². The summed E-state index contributed by atoms with van der Waals surface area (Å²) in [4.78, 5) is 10.2. The van der Waals surface area contributed by atoms with Gasteiger partial charge in [-0.05, 0) is 6.92 Å². The topological polar surface area (TPSA) is 57.5 Å². The number of Topliss-reactive ketones (excluding diaryl/α,β-unsaturated/α-hetero) is 1. The highest BCUT2D eigenvalue weighted by molar-refractivity contribution is 5.76. The maximum atomic E-state index is 12.3. The van der Waals surface area contributed by atoms with Crippen molar-refractivity contribution in [2.45, 2.75) is 31.5 Å². The van der Waals surface area contributed by atoms with Crippen molar-refractivity contribution in [3.8, 4) is 0 Å². The molecule has 0 rings (SSSR count). The van der Waals surface area contributed by atoms with Crippen LogP contribution in [0.5, 0.6) is 0 Å². The molecule has 7 heteroatoms. The molecule has 0 unspecified atom stereocenters. The number of halogens is 4. The van der Waals surface area contributed by atoms with E-state index in [9.17, 15) is 22.4 Å². The second-order valence-corrected chi connectivity index (χ2v) is 2.62. The van der Waals surface area contributed by atoms with Crippen molar-refractivity contribution >= 4 is 5.78 Å². The van der Waals surface area contributed by atoms with Gasteiger partial charge in [0.25, 0.3) is 0 Å². The highest BCUT2D eigenvalue weighted by atomic mass is 19.3. The molecule has 0 fully saturated rings. The van der Waals surface area contributed by atoms with E-state index in [1.165, 1.54) is 0 Å². The van der Waals surface area contributed by atoms with Gasteiger partial charge in [-0.1, -0.05) is 0 Å². The Hall–Kier alpha value is -0.690. The third-order valence-electron chi connectivity index (χ3n) is 1.30. The third kappa shape index (κ3) is 2.63. The van der Waals surface area contributed by atoms with Gasteiger partial charge in [-0.25, -0.2) is 8.78 Å². The Morgan fingerprint density at radius 2 is 1.77 bits per heavy atom. The zero-order valence-corrected chi connectivity index (χ0v) is 6.60. The first kappa shape index (κ1) is 12.3. The zero-order chi connectivity index (χ0) is 10.9. The molecule has 0 saturated heterocycles. The largest absolute Gasteiger partial charge is 0.360 e. The van der Waals surface area contributed by atoms with Crippen LogP contribution in [-0.2, 0) is 4.79 Å². The lowest BCUT2D eigenvalue weighted by Gasteiger charge is -2.29. The monoisotopic (exact) mass is 204 g/mol. The van der Waals surface area contributed by atoms with Crippen LogP contribution in [0.3, 0.4) is 0 Å². The minimum absolute atomic E-state index is 0.780. The summed E-state index contributed by atoms with van der Waals surface area (Å²) in [7, 11) is 0. The van der Waals surface area contributed by atoms with E-state index in [4.69, 9.17) is 10.2 Å². The summed E-state index contributed by atoms with van der Waals surface area (Å²) in [5.74, 6) is -10.0. The molecule has 0 spiro atoms. The smallest absolute Gasteiger partial charge is 0.359 e. The number of hydrogen-bond acceptors (Lipinski definition) is 3.